The fraction of sp³-hybridized carbons (Fsp3) is 0.167. The molecule has 90 valence electrons. The van der Waals surface area contributed by atoms with Crippen molar-refractivity contribution in [1.29, 1.82) is 0 Å². The molecule has 0 aliphatic heterocycles. The van der Waals surface area contributed by atoms with Crippen LogP contribution in [0.15, 0.2) is 36.3 Å². The lowest BCUT2D eigenvalue weighted by molar-refractivity contribution is 0.219. The molecule has 0 aliphatic rings. The number of thiophene rings is 1. The van der Waals surface area contributed by atoms with Gasteiger partial charge in [0.1, 0.15) is 6.10 Å². The van der Waals surface area contributed by atoms with Crippen molar-refractivity contribution in [2.75, 3.05) is 0 Å². The summed E-state index contributed by atoms with van der Waals surface area (Å²) in [5.74, 6) is 0. The van der Waals surface area contributed by atoms with E-state index < -0.39 is 6.10 Å². The van der Waals surface area contributed by atoms with Crippen molar-refractivity contribution >= 4 is 59.1 Å². The van der Waals surface area contributed by atoms with Crippen molar-refractivity contribution in [3.8, 4) is 0 Å². The van der Waals surface area contributed by atoms with Crippen LogP contribution in [0.1, 0.15) is 22.8 Å². The molecule has 0 amide bonds. The number of aliphatic hydroxyl groups is 1. The second kappa shape index (κ2) is 5.53. The van der Waals surface area contributed by atoms with E-state index in [0.29, 0.717) is 0 Å². The van der Waals surface area contributed by atoms with Crippen LogP contribution in [0, 0.1) is 6.92 Å². The summed E-state index contributed by atoms with van der Waals surface area (Å²) in [5, 5.41) is 10.4. The summed E-state index contributed by atoms with van der Waals surface area (Å²) in [6, 6.07) is 7.89. The van der Waals surface area contributed by atoms with Crippen LogP contribution in [0.2, 0.25) is 0 Å². The fourth-order valence-corrected chi connectivity index (χ4v) is 5.15. The van der Waals surface area contributed by atoms with Crippen LogP contribution >= 0.6 is 59.1 Å². The minimum Gasteiger partial charge on any atom is -0.384 e. The van der Waals surface area contributed by atoms with Gasteiger partial charge in [0.2, 0.25) is 0 Å². The van der Waals surface area contributed by atoms with Crippen LogP contribution in [0.4, 0.5) is 0 Å². The molecule has 0 fully saturated rings. The van der Waals surface area contributed by atoms with E-state index in [4.69, 9.17) is 0 Å². The molecule has 1 N–H and O–H groups in total. The second-order valence-electron chi connectivity index (χ2n) is 3.71. The van der Waals surface area contributed by atoms with Gasteiger partial charge in [-0.1, -0.05) is 28.1 Å². The number of rotatable bonds is 2. The van der Waals surface area contributed by atoms with Crippen molar-refractivity contribution in [3.63, 3.8) is 0 Å². The molecular weight excluding hydrogens is 432 g/mol. The smallest absolute Gasteiger partial charge is 0.107 e. The lowest BCUT2D eigenvalue weighted by Crippen LogP contribution is -2.00. The molecule has 1 nitrogen and oxygen atoms in total. The van der Waals surface area contributed by atoms with Crippen LogP contribution < -0.4 is 0 Å². The number of halogens is 3. The Labute approximate surface area is 129 Å². The number of hydrogen-bond acceptors (Lipinski definition) is 2. The van der Waals surface area contributed by atoms with Crippen molar-refractivity contribution in [2.45, 2.75) is 13.0 Å². The molecule has 0 aliphatic carbocycles. The quantitative estimate of drug-likeness (QED) is 0.660. The first-order valence-corrected chi connectivity index (χ1v) is 8.07. The maximum absolute atomic E-state index is 10.4. The maximum Gasteiger partial charge on any atom is 0.107 e. The summed E-state index contributed by atoms with van der Waals surface area (Å²) in [6.45, 7) is 2.03. The molecule has 17 heavy (non-hydrogen) atoms. The van der Waals surface area contributed by atoms with Gasteiger partial charge in [0.25, 0.3) is 0 Å². The van der Waals surface area contributed by atoms with Crippen LogP contribution in [0.25, 0.3) is 0 Å². The Morgan fingerprint density at radius 1 is 1.12 bits per heavy atom. The first-order chi connectivity index (χ1) is 7.99. The van der Waals surface area contributed by atoms with Crippen molar-refractivity contribution in [1.82, 2.24) is 0 Å². The van der Waals surface area contributed by atoms with Gasteiger partial charge in [0, 0.05) is 10.0 Å². The summed E-state index contributed by atoms with van der Waals surface area (Å²) < 4.78 is 2.88. The van der Waals surface area contributed by atoms with Crippen LogP contribution in [0.3, 0.4) is 0 Å². The molecule has 1 aromatic carbocycles. The molecule has 1 aromatic heterocycles. The molecule has 1 heterocycles. The van der Waals surface area contributed by atoms with Crippen molar-refractivity contribution < 1.29 is 5.11 Å². The predicted molar refractivity (Wildman–Crippen MR) is 82.7 cm³/mol. The molecule has 0 bridgehead atoms. The van der Waals surface area contributed by atoms with E-state index in [2.05, 4.69) is 47.8 Å². The molecule has 2 rings (SSSR count). The maximum atomic E-state index is 10.4. The normalized spacial score (nSPS) is 12.8. The molecule has 1 atom stereocenters. The Morgan fingerprint density at radius 3 is 2.35 bits per heavy atom. The Hall–Kier alpha value is 0.320. The zero-order valence-corrected chi connectivity index (χ0v) is 14.5. The van der Waals surface area contributed by atoms with Gasteiger partial charge in [-0.2, -0.15) is 0 Å². The third-order valence-corrected chi connectivity index (χ3v) is 5.50. The average molecular weight is 441 g/mol. The first kappa shape index (κ1) is 13.7. The second-order valence-corrected chi connectivity index (χ2v) is 8.31. The summed E-state index contributed by atoms with van der Waals surface area (Å²) >= 11 is 11.9. The third kappa shape index (κ3) is 3.01. The number of aryl methyl sites for hydroxylation is 1. The zero-order chi connectivity index (χ0) is 12.6. The minimum absolute atomic E-state index is 0.623. The summed E-state index contributed by atoms with van der Waals surface area (Å²) in [7, 11) is 0. The highest BCUT2D eigenvalue weighted by molar-refractivity contribution is 9.12. The van der Waals surface area contributed by atoms with Crippen LogP contribution in [-0.4, -0.2) is 5.11 Å². The minimum atomic E-state index is -0.623. The Bertz CT molecular complexity index is 551. The zero-order valence-electron chi connectivity index (χ0n) is 8.88. The largest absolute Gasteiger partial charge is 0.384 e. The van der Waals surface area contributed by atoms with Crippen LogP contribution in [0.5, 0.6) is 0 Å². The molecule has 5 heteroatoms. The van der Waals surface area contributed by atoms with Crippen molar-refractivity contribution in [3.05, 3.63) is 53.0 Å². The number of aliphatic hydroxyl groups excluding tert-OH is 1. The molecule has 0 radical (unpaired) electrons. The lowest BCUT2D eigenvalue weighted by atomic mass is 10.0. The van der Waals surface area contributed by atoms with E-state index in [1.807, 2.05) is 31.2 Å². The van der Waals surface area contributed by atoms with Crippen LogP contribution in [-0.2, 0) is 0 Å². The van der Waals surface area contributed by atoms with Crippen molar-refractivity contribution in [2.24, 2.45) is 0 Å². The Morgan fingerprint density at radius 2 is 1.82 bits per heavy atom. The Kier molecular flexibility index (Phi) is 4.47. The molecule has 0 spiro atoms. The van der Waals surface area contributed by atoms with E-state index in [9.17, 15) is 5.11 Å². The number of hydrogen-bond donors (Lipinski definition) is 1. The van der Waals surface area contributed by atoms with Gasteiger partial charge >= 0.3 is 0 Å². The molecule has 0 saturated carbocycles. The van der Waals surface area contributed by atoms with Gasteiger partial charge in [-0.25, -0.2) is 0 Å². The van der Waals surface area contributed by atoms with Gasteiger partial charge in [-0.05, 0) is 62.0 Å². The Balaban J connectivity index is 2.43. The van der Waals surface area contributed by atoms with E-state index in [-0.39, 0.29) is 0 Å². The van der Waals surface area contributed by atoms with E-state index >= 15 is 0 Å². The van der Waals surface area contributed by atoms with Gasteiger partial charge in [-0.15, -0.1) is 11.3 Å². The van der Waals surface area contributed by atoms with Gasteiger partial charge in [0.05, 0.1) is 7.57 Å². The first-order valence-electron chi connectivity index (χ1n) is 4.88. The predicted octanol–water partition coefficient (Wildman–Crippen LogP) is 5.43. The van der Waals surface area contributed by atoms with Gasteiger partial charge in [0.15, 0.2) is 0 Å². The molecule has 2 aromatic rings. The highest BCUT2D eigenvalue weighted by atomic mass is 79.9. The van der Waals surface area contributed by atoms with E-state index in [0.717, 1.165) is 23.2 Å². The van der Waals surface area contributed by atoms with Gasteiger partial charge < -0.3 is 5.11 Å². The highest BCUT2D eigenvalue weighted by Gasteiger charge is 2.18. The molecule has 0 saturated heterocycles. The molecular formula is C12H9Br3OS. The standard InChI is InChI=1S/C12H9Br3OS/c1-6-2-3-7(9(13)4-6)11(16)8-5-10(14)17-12(8)15/h2-5,11,16H,1H3. The summed E-state index contributed by atoms with van der Waals surface area (Å²) in [4.78, 5) is 0. The average Bonchev–Trinajstić information content (AvgIpc) is 2.57. The SMILES string of the molecule is Cc1ccc(C(O)c2cc(Br)sc2Br)c(Br)c1. The molecule has 1 unspecified atom stereocenters. The highest BCUT2D eigenvalue weighted by Crippen LogP contribution is 2.39. The van der Waals surface area contributed by atoms with E-state index in [1.165, 1.54) is 5.56 Å². The lowest BCUT2D eigenvalue weighted by Gasteiger charge is -2.12. The third-order valence-electron chi connectivity index (χ3n) is 2.43. The van der Waals surface area contributed by atoms with E-state index in [1.54, 1.807) is 11.3 Å². The topological polar surface area (TPSA) is 20.2 Å². The van der Waals surface area contributed by atoms with Gasteiger partial charge in [-0.3, -0.25) is 0 Å². The number of benzene rings is 1. The summed E-state index contributed by atoms with van der Waals surface area (Å²) in [5.41, 5.74) is 2.92. The monoisotopic (exact) mass is 438 g/mol. The summed E-state index contributed by atoms with van der Waals surface area (Å²) in [6.07, 6.45) is -0.623. The fourth-order valence-electron chi connectivity index (χ4n) is 1.56.